The third-order valence-corrected chi connectivity index (χ3v) is 10.4. The van der Waals surface area contributed by atoms with Gasteiger partial charge in [-0.15, -0.1) is 0 Å². The normalized spacial score (nSPS) is 20.3. The standard InChI is InChI=1S/C39H60N6O7/c1-8-15-29(35(48)38(51)41-25(6)26-16-10-9-11-17-26)42-37(50)34-28-19-14-18-27(28)22-45(34)39(52)33(24(4)5)44-36(49)32(23(2)3)43-31(47)21-13-12-20-30(46)40-7/h9-11,16-17,23-25,27-29,32-34H,8,12-15,18-22H2,1-7H3,(H,40,46)(H,41,51)(H,42,50)(H,43,47)(H,44,49)/t25-,27-,28-,29+,32-,33-,34?/m0/s1. The van der Waals surface area contributed by atoms with Gasteiger partial charge in [-0.2, -0.15) is 0 Å². The molecule has 0 aromatic heterocycles. The molecule has 1 aliphatic carbocycles. The van der Waals surface area contributed by atoms with E-state index >= 15 is 0 Å². The van der Waals surface area contributed by atoms with Crippen LogP contribution in [0.1, 0.15) is 111 Å². The molecule has 6 amide bonds. The smallest absolute Gasteiger partial charge is 0.290 e. The van der Waals surface area contributed by atoms with Crippen LogP contribution in [0.2, 0.25) is 0 Å². The number of carbonyl (C=O) groups excluding carboxylic acids is 7. The molecular formula is C39H60N6O7. The second-order valence-electron chi connectivity index (χ2n) is 15.0. The van der Waals surface area contributed by atoms with E-state index in [2.05, 4.69) is 26.6 Å². The van der Waals surface area contributed by atoms with Crippen LogP contribution in [0.3, 0.4) is 0 Å². The van der Waals surface area contributed by atoms with Crippen molar-refractivity contribution in [1.29, 1.82) is 0 Å². The number of amides is 6. The Morgan fingerprint density at radius 2 is 1.42 bits per heavy atom. The Hall–Kier alpha value is -4.29. The number of hydrogen-bond acceptors (Lipinski definition) is 7. The van der Waals surface area contributed by atoms with Crippen LogP contribution < -0.4 is 26.6 Å². The van der Waals surface area contributed by atoms with E-state index in [0.717, 1.165) is 24.8 Å². The van der Waals surface area contributed by atoms with Crippen LogP contribution >= 0.6 is 0 Å². The highest BCUT2D eigenvalue weighted by Crippen LogP contribution is 2.42. The Morgan fingerprint density at radius 1 is 0.788 bits per heavy atom. The minimum atomic E-state index is -1.06. The number of rotatable bonds is 19. The van der Waals surface area contributed by atoms with Gasteiger partial charge in [0.1, 0.15) is 18.1 Å². The first kappa shape index (κ1) is 42.1. The largest absolute Gasteiger partial charge is 0.359 e. The molecule has 2 fully saturated rings. The fourth-order valence-corrected chi connectivity index (χ4v) is 7.35. The van der Waals surface area contributed by atoms with Crippen LogP contribution in [-0.4, -0.2) is 83.9 Å². The summed E-state index contributed by atoms with van der Waals surface area (Å²) in [6.07, 6.45) is 4.82. The zero-order chi connectivity index (χ0) is 38.5. The number of likely N-dealkylation sites (tertiary alicyclic amines) is 1. The van der Waals surface area contributed by atoms with Gasteiger partial charge in [-0.3, -0.25) is 33.6 Å². The van der Waals surface area contributed by atoms with Crippen molar-refractivity contribution in [2.45, 2.75) is 130 Å². The second-order valence-corrected chi connectivity index (χ2v) is 15.0. The number of nitrogens with zero attached hydrogens (tertiary/aromatic N) is 1. The first-order chi connectivity index (χ1) is 24.7. The molecule has 3 rings (SSSR count). The fraction of sp³-hybridized carbons (Fsp3) is 0.667. The van der Waals surface area contributed by atoms with Crippen LogP contribution in [0.15, 0.2) is 30.3 Å². The van der Waals surface area contributed by atoms with Gasteiger partial charge >= 0.3 is 0 Å². The molecule has 1 unspecified atom stereocenters. The zero-order valence-corrected chi connectivity index (χ0v) is 32.0. The minimum Gasteiger partial charge on any atom is -0.359 e. The third kappa shape index (κ3) is 11.4. The summed E-state index contributed by atoms with van der Waals surface area (Å²) >= 11 is 0. The van der Waals surface area contributed by atoms with Crippen molar-refractivity contribution in [1.82, 2.24) is 31.5 Å². The van der Waals surface area contributed by atoms with E-state index in [1.807, 2.05) is 51.1 Å². The lowest BCUT2D eigenvalue weighted by Crippen LogP contribution is -2.60. The maximum Gasteiger partial charge on any atom is 0.290 e. The molecule has 1 aliphatic heterocycles. The number of hydrogen-bond donors (Lipinski definition) is 5. The number of benzene rings is 1. The van der Waals surface area contributed by atoms with Gasteiger partial charge in [0.2, 0.25) is 35.3 Å². The van der Waals surface area contributed by atoms with Crippen LogP contribution in [0.5, 0.6) is 0 Å². The maximum atomic E-state index is 14.3. The number of fused-ring (bicyclic) bond motifs is 1. The molecule has 52 heavy (non-hydrogen) atoms. The van der Waals surface area contributed by atoms with Crippen LogP contribution in [0.4, 0.5) is 0 Å². The molecule has 13 nitrogen and oxygen atoms in total. The summed E-state index contributed by atoms with van der Waals surface area (Å²) < 4.78 is 0. The van der Waals surface area contributed by atoms with Crippen molar-refractivity contribution >= 4 is 41.2 Å². The molecule has 1 saturated heterocycles. The molecular weight excluding hydrogens is 664 g/mol. The average Bonchev–Trinajstić information content (AvgIpc) is 3.72. The summed E-state index contributed by atoms with van der Waals surface area (Å²) in [4.78, 5) is 94.4. The monoisotopic (exact) mass is 724 g/mol. The minimum absolute atomic E-state index is 0.101. The summed E-state index contributed by atoms with van der Waals surface area (Å²) in [7, 11) is 1.56. The van der Waals surface area contributed by atoms with Crippen molar-refractivity contribution in [3.63, 3.8) is 0 Å². The van der Waals surface area contributed by atoms with Crippen molar-refractivity contribution in [2.75, 3.05) is 13.6 Å². The van der Waals surface area contributed by atoms with Gasteiger partial charge in [0, 0.05) is 26.4 Å². The second kappa shape index (κ2) is 20.1. The molecule has 13 heteroatoms. The van der Waals surface area contributed by atoms with E-state index in [1.54, 1.807) is 32.7 Å². The van der Waals surface area contributed by atoms with Crippen molar-refractivity contribution < 1.29 is 33.6 Å². The molecule has 1 aromatic carbocycles. The number of nitrogens with one attached hydrogen (secondary N) is 5. The van der Waals surface area contributed by atoms with Gasteiger partial charge < -0.3 is 31.5 Å². The number of ketones is 1. The molecule has 1 saturated carbocycles. The summed E-state index contributed by atoms with van der Waals surface area (Å²) in [5, 5.41) is 13.8. The Kier molecular flexibility index (Phi) is 16.3. The van der Waals surface area contributed by atoms with Gasteiger partial charge in [-0.1, -0.05) is 77.8 Å². The zero-order valence-electron chi connectivity index (χ0n) is 32.0. The molecule has 0 radical (unpaired) electrons. The van der Waals surface area contributed by atoms with Gasteiger partial charge in [0.25, 0.3) is 5.91 Å². The van der Waals surface area contributed by atoms with E-state index in [9.17, 15) is 33.6 Å². The quantitative estimate of drug-likeness (QED) is 0.107. The SMILES string of the molecule is CCC[C@@H](NC(=O)C1[C@H]2CCC[C@H]2CN1C(=O)[C@@H](NC(=O)[C@@H](NC(=O)CCCCC(=O)NC)C(C)C)C(C)C)C(=O)C(=O)N[C@@H](C)c1ccccc1. The third-order valence-electron chi connectivity index (χ3n) is 10.4. The summed E-state index contributed by atoms with van der Waals surface area (Å²) in [6.45, 7) is 11.2. The molecule has 0 spiro atoms. The van der Waals surface area contributed by atoms with Gasteiger partial charge in [0.15, 0.2) is 0 Å². The summed E-state index contributed by atoms with van der Waals surface area (Å²) in [6, 6.07) is 5.09. The first-order valence-corrected chi connectivity index (χ1v) is 19.0. The summed E-state index contributed by atoms with van der Waals surface area (Å²) in [5.74, 6) is -3.92. The average molecular weight is 725 g/mol. The first-order valence-electron chi connectivity index (χ1n) is 19.0. The lowest BCUT2D eigenvalue weighted by atomic mass is 9.92. The number of unbranched alkanes of at least 4 members (excludes halogenated alkanes) is 1. The Bertz CT molecular complexity index is 1420. The number of Topliss-reactive ketones (excluding diaryl/α,β-unsaturated/α-hetero) is 1. The predicted octanol–water partition coefficient (Wildman–Crippen LogP) is 2.93. The van der Waals surface area contributed by atoms with E-state index in [-0.39, 0.29) is 48.3 Å². The molecule has 2 aliphatic rings. The van der Waals surface area contributed by atoms with E-state index in [1.165, 1.54) is 0 Å². The van der Waals surface area contributed by atoms with Crippen molar-refractivity contribution in [3.8, 4) is 0 Å². The molecule has 7 atom stereocenters. The van der Waals surface area contributed by atoms with Crippen LogP contribution in [0, 0.1) is 23.7 Å². The topological polar surface area (TPSA) is 183 Å². The van der Waals surface area contributed by atoms with Gasteiger partial charge in [0.05, 0.1) is 12.1 Å². The molecule has 5 N–H and O–H groups in total. The van der Waals surface area contributed by atoms with E-state index in [0.29, 0.717) is 32.2 Å². The Morgan fingerprint density at radius 3 is 2.02 bits per heavy atom. The Labute approximate surface area is 308 Å². The molecule has 1 aromatic rings. The van der Waals surface area contributed by atoms with Crippen molar-refractivity contribution in [3.05, 3.63) is 35.9 Å². The Balaban J connectivity index is 1.73. The highest BCUT2D eigenvalue weighted by Gasteiger charge is 2.51. The maximum absolute atomic E-state index is 14.3. The van der Waals surface area contributed by atoms with Crippen molar-refractivity contribution in [2.24, 2.45) is 23.7 Å². The molecule has 1 heterocycles. The lowest BCUT2D eigenvalue weighted by molar-refractivity contribution is -0.145. The number of carbonyl (C=O) groups is 7. The molecule has 0 bridgehead atoms. The lowest BCUT2D eigenvalue weighted by Gasteiger charge is -2.34. The summed E-state index contributed by atoms with van der Waals surface area (Å²) in [5.41, 5.74) is 0.843. The van der Waals surface area contributed by atoms with E-state index < -0.39 is 59.6 Å². The predicted molar refractivity (Wildman–Crippen MR) is 197 cm³/mol. The molecule has 288 valence electrons. The van der Waals surface area contributed by atoms with E-state index in [4.69, 9.17) is 0 Å². The van der Waals surface area contributed by atoms with Gasteiger partial charge in [-0.05, 0) is 68.3 Å². The van der Waals surface area contributed by atoms with Crippen LogP contribution in [-0.2, 0) is 33.6 Å². The van der Waals surface area contributed by atoms with Crippen LogP contribution in [0.25, 0.3) is 0 Å². The fourth-order valence-electron chi connectivity index (χ4n) is 7.35. The highest BCUT2D eigenvalue weighted by molar-refractivity contribution is 6.38. The van der Waals surface area contributed by atoms with Gasteiger partial charge in [-0.25, -0.2) is 0 Å². The highest BCUT2D eigenvalue weighted by atomic mass is 16.2.